The lowest BCUT2D eigenvalue weighted by Crippen LogP contribution is -2.20. The van der Waals surface area contributed by atoms with E-state index in [9.17, 15) is 0 Å². The molecule has 0 aliphatic carbocycles. The highest BCUT2D eigenvalue weighted by atomic mass is 35.5. The molecule has 4 heteroatoms. The summed E-state index contributed by atoms with van der Waals surface area (Å²) in [5, 5.41) is 0.734. The summed E-state index contributed by atoms with van der Waals surface area (Å²) in [4.78, 5) is 2.34. The lowest BCUT2D eigenvalue weighted by atomic mass is 10.1. The fourth-order valence-electron chi connectivity index (χ4n) is 2.73. The lowest BCUT2D eigenvalue weighted by molar-refractivity contribution is 0.409. The molecule has 1 aliphatic rings. The van der Waals surface area contributed by atoms with Crippen molar-refractivity contribution in [3.63, 3.8) is 0 Å². The van der Waals surface area contributed by atoms with Gasteiger partial charge in [0.2, 0.25) is 0 Å². The molecule has 0 spiro atoms. The summed E-state index contributed by atoms with van der Waals surface area (Å²) in [5.41, 5.74) is 10.3. The Hall–Kier alpha value is -1.87. The summed E-state index contributed by atoms with van der Waals surface area (Å²) in [7, 11) is 1.69. The first-order chi connectivity index (χ1) is 9.67. The highest BCUT2D eigenvalue weighted by Gasteiger charge is 2.20. The quantitative estimate of drug-likeness (QED) is 0.879. The number of hydrogen-bond acceptors (Lipinski definition) is 3. The highest BCUT2D eigenvalue weighted by molar-refractivity contribution is 6.30. The van der Waals surface area contributed by atoms with Crippen LogP contribution in [0.4, 0.5) is 11.4 Å². The van der Waals surface area contributed by atoms with E-state index in [2.05, 4.69) is 17.0 Å². The third-order valence-electron chi connectivity index (χ3n) is 3.70. The Balaban J connectivity index is 1.89. The number of fused-ring (bicyclic) bond motifs is 1. The number of benzene rings is 2. The van der Waals surface area contributed by atoms with Crippen molar-refractivity contribution >= 4 is 23.0 Å². The van der Waals surface area contributed by atoms with Gasteiger partial charge in [-0.15, -0.1) is 0 Å². The van der Waals surface area contributed by atoms with Crippen molar-refractivity contribution in [1.29, 1.82) is 0 Å². The molecule has 0 fully saturated rings. The average molecular weight is 289 g/mol. The average Bonchev–Trinajstić information content (AvgIpc) is 2.81. The lowest BCUT2D eigenvalue weighted by Gasteiger charge is -2.21. The number of methoxy groups -OCH3 is 1. The maximum atomic E-state index is 6.09. The minimum atomic E-state index is 0.734. The normalized spacial score (nSPS) is 13.4. The molecule has 20 heavy (non-hydrogen) atoms. The van der Waals surface area contributed by atoms with Crippen LogP contribution in [0.1, 0.15) is 11.1 Å². The molecule has 0 amide bonds. The summed E-state index contributed by atoms with van der Waals surface area (Å²) in [6, 6.07) is 11.8. The Labute approximate surface area is 123 Å². The van der Waals surface area contributed by atoms with E-state index in [1.807, 2.05) is 24.3 Å². The van der Waals surface area contributed by atoms with Gasteiger partial charge in [-0.1, -0.05) is 11.6 Å². The molecule has 0 aromatic heterocycles. The van der Waals surface area contributed by atoms with E-state index in [0.29, 0.717) is 0 Å². The van der Waals surface area contributed by atoms with Gasteiger partial charge in [0.15, 0.2) is 0 Å². The van der Waals surface area contributed by atoms with Crippen LogP contribution in [-0.2, 0) is 13.0 Å². The third kappa shape index (κ3) is 2.41. The van der Waals surface area contributed by atoms with Crippen LogP contribution >= 0.6 is 11.6 Å². The number of ether oxygens (including phenoxy) is 1. The first-order valence-electron chi connectivity index (χ1n) is 6.63. The van der Waals surface area contributed by atoms with Gasteiger partial charge in [0.25, 0.3) is 0 Å². The van der Waals surface area contributed by atoms with Gasteiger partial charge in [0.1, 0.15) is 5.75 Å². The van der Waals surface area contributed by atoms with E-state index in [4.69, 9.17) is 22.1 Å². The fraction of sp³-hybridized carbons (Fsp3) is 0.250. The molecular weight excluding hydrogens is 272 g/mol. The number of rotatable bonds is 3. The minimum Gasteiger partial charge on any atom is -0.496 e. The Morgan fingerprint density at radius 3 is 2.90 bits per heavy atom. The van der Waals surface area contributed by atoms with Gasteiger partial charge in [0, 0.05) is 35.1 Å². The first kappa shape index (κ1) is 13.1. The molecular formula is C16H17ClN2O. The molecule has 0 bridgehead atoms. The topological polar surface area (TPSA) is 38.5 Å². The van der Waals surface area contributed by atoms with E-state index in [1.54, 1.807) is 7.11 Å². The number of hydrogen-bond donors (Lipinski definition) is 1. The Bertz CT molecular complexity index is 642. The molecule has 2 aromatic rings. The SMILES string of the molecule is COc1ccc(Cl)cc1CN1CCc2cc(N)ccc21. The number of nitrogens with zero attached hydrogens (tertiary/aromatic N) is 1. The number of nitrogen functional groups attached to an aromatic ring is 1. The molecule has 0 saturated carbocycles. The molecule has 1 heterocycles. The molecule has 1 aliphatic heterocycles. The number of halogens is 1. The van der Waals surface area contributed by atoms with Crippen LogP contribution in [0.15, 0.2) is 36.4 Å². The van der Waals surface area contributed by atoms with E-state index in [1.165, 1.54) is 11.3 Å². The summed E-state index contributed by atoms with van der Waals surface area (Å²) in [5.74, 6) is 0.873. The summed E-state index contributed by atoms with van der Waals surface area (Å²) >= 11 is 6.09. The van der Waals surface area contributed by atoms with Gasteiger partial charge < -0.3 is 15.4 Å². The molecule has 2 aromatic carbocycles. The molecule has 0 radical (unpaired) electrons. The maximum Gasteiger partial charge on any atom is 0.123 e. The fourth-order valence-corrected chi connectivity index (χ4v) is 2.93. The standard InChI is InChI=1S/C16H17ClN2O/c1-20-16-5-2-13(17)8-12(16)10-19-7-6-11-9-14(18)3-4-15(11)19/h2-5,8-9H,6-7,10,18H2,1H3. The van der Waals surface area contributed by atoms with Crippen LogP contribution in [0.25, 0.3) is 0 Å². The van der Waals surface area contributed by atoms with Gasteiger partial charge in [-0.2, -0.15) is 0 Å². The second-order valence-corrected chi connectivity index (χ2v) is 5.45. The van der Waals surface area contributed by atoms with Crippen molar-refractivity contribution in [3.05, 3.63) is 52.5 Å². The van der Waals surface area contributed by atoms with E-state index >= 15 is 0 Å². The molecule has 104 valence electrons. The predicted molar refractivity (Wildman–Crippen MR) is 83.6 cm³/mol. The van der Waals surface area contributed by atoms with Gasteiger partial charge in [-0.3, -0.25) is 0 Å². The van der Waals surface area contributed by atoms with E-state index in [0.717, 1.165) is 41.5 Å². The van der Waals surface area contributed by atoms with Crippen molar-refractivity contribution in [3.8, 4) is 5.75 Å². The van der Waals surface area contributed by atoms with Crippen LogP contribution in [0.3, 0.4) is 0 Å². The molecule has 0 saturated heterocycles. The maximum absolute atomic E-state index is 6.09. The van der Waals surface area contributed by atoms with Crippen molar-refractivity contribution in [2.75, 3.05) is 24.3 Å². The van der Waals surface area contributed by atoms with Crippen LogP contribution in [0.5, 0.6) is 5.75 Å². The van der Waals surface area contributed by atoms with Gasteiger partial charge in [0.05, 0.1) is 7.11 Å². The zero-order chi connectivity index (χ0) is 14.1. The van der Waals surface area contributed by atoms with Crippen LogP contribution in [0.2, 0.25) is 5.02 Å². The van der Waals surface area contributed by atoms with E-state index in [-0.39, 0.29) is 0 Å². The highest BCUT2D eigenvalue weighted by Crippen LogP contribution is 2.33. The predicted octanol–water partition coefficient (Wildman–Crippen LogP) is 3.49. The number of nitrogens with two attached hydrogens (primary N) is 1. The van der Waals surface area contributed by atoms with Gasteiger partial charge in [-0.25, -0.2) is 0 Å². The second-order valence-electron chi connectivity index (χ2n) is 5.02. The first-order valence-corrected chi connectivity index (χ1v) is 7.01. The molecule has 3 nitrogen and oxygen atoms in total. The van der Waals surface area contributed by atoms with Crippen molar-refractivity contribution in [2.24, 2.45) is 0 Å². The van der Waals surface area contributed by atoms with Crippen LogP contribution in [-0.4, -0.2) is 13.7 Å². The monoisotopic (exact) mass is 288 g/mol. The molecule has 0 atom stereocenters. The molecule has 0 unspecified atom stereocenters. The van der Waals surface area contributed by atoms with Crippen molar-refractivity contribution < 1.29 is 4.74 Å². The molecule has 3 rings (SSSR count). The van der Waals surface area contributed by atoms with Gasteiger partial charge in [-0.05, 0) is 48.4 Å². The summed E-state index contributed by atoms with van der Waals surface area (Å²) in [6.45, 7) is 1.79. The zero-order valence-corrected chi connectivity index (χ0v) is 12.2. The number of anilines is 2. The largest absolute Gasteiger partial charge is 0.496 e. The van der Waals surface area contributed by atoms with E-state index < -0.39 is 0 Å². The summed E-state index contributed by atoms with van der Waals surface area (Å²) < 4.78 is 5.41. The van der Waals surface area contributed by atoms with Crippen LogP contribution < -0.4 is 15.4 Å². The molecule has 2 N–H and O–H groups in total. The summed E-state index contributed by atoms with van der Waals surface area (Å²) in [6.07, 6.45) is 1.03. The Morgan fingerprint density at radius 2 is 2.10 bits per heavy atom. The van der Waals surface area contributed by atoms with Crippen LogP contribution in [0, 0.1) is 0 Å². The Morgan fingerprint density at radius 1 is 1.25 bits per heavy atom. The third-order valence-corrected chi connectivity index (χ3v) is 3.93. The Kier molecular flexibility index (Phi) is 3.45. The van der Waals surface area contributed by atoms with Crippen molar-refractivity contribution in [2.45, 2.75) is 13.0 Å². The van der Waals surface area contributed by atoms with Crippen molar-refractivity contribution in [1.82, 2.24) is 0 Å². The second kappa shape index (κ2) is 5.25. The minimum absolute atomic E-state index is 0.734. The smallest absolute Gasteiger partial charge is 0.123 e. The van der Waals surface area contributed by atoms with Gasteiger partial charge >= 0.3 is 0 Å². The zero-order valence-electron chi connectivity index (χ0n) is 11.4.